The van der Waals surface area contributed by atoms with E-state index in [1.54, 1.807) is 0 Å². The molecule has 0 unspecified atom stereocenters. The number of Topliss-reactive ketones (excluding diaryl/α,β-unsaturated/α-hetero) is 1. The summed E-state index contributed by atoms with van der Waals surface area (Å²) in [6.07, 6.45) is 7.41. The van der Waals surface area contributed by atoms with Crippen molar-refractivity contribution in [3.05, 3.63) is 11.3 Å². The van der Waals surface area contributed by atoms with Gasteiger partial charge >= 0.3 is 0 Å². The van der Waals surface area contributed by atoms with Crippen LogP contribution in [0.2, 0.25) is 0 Å². The van der Waals surface area contributed by atoms with Gasteiger partial charge < -0.3 is 4.90 Å². The lowest BCUT2D eigenvalue weighted by atomic mass is 9.92. The van der Waals surface area contributed by atoms with E-state index >= 15 is 0 Å². The van der Waals surface area contributed by atoms with Crippen molar-refractivity contribution < 1.29 is 4.79 Å². The Bertz CT molecular complexity index is 291. The zero-order valence-corrected chi connectivity index (χ0v) is 15.4. The molecule has 0 amide bonds. The van der Waals surface area contributed by atoms with Crippen LogP contribution in [-0.4, -0.2) is 29.1 Å². The molecule has 0 aromatic rings. The second kappa shape index (κ2) is 12.4. The maximum absolute atomic E-state index is 12.2. The van der Waals surface area contributed by atoms with Gasteiger partial charge in [-0.1, -0.05) is 50.0 Å². The zero-order chi connectivity index (χ0) is 15.4. The quantitative estimate of drug-likeness (QED) is 0.555. The molecule has 1 aliphatic carbocycles. The summed E-state index contributed by atoms with van der Waals surface area (Å²) < 4.78 is 0. The highest BCUT2D eigenvalue weighted by Gasteiger charge is 2.23. The van der Waals surface area contributed by atoms with Crippen molar-refractivity contribution in [1.82, 2.24) is 4.90 Å². The molecule has 0 atom stereocenters. The van der Waals surface area contributed by atoms with Gasteiger partial charge in [-0.05, 0) is 37.7 Å². The van der Waals surface area contributed by atoms with Gasteiger partial charge in [-0.3, -0.25) is 4.79 Å². The van der Waals surface area contributed by atoms with Gasteiger partial charge in [0.05, 0.1) is 5.70 Å². The number of unbranched alkanes of at least 4 members (excludes halogenated alkanes) is 1. The highest BCUT2D eigenvalue weighted by molar-refractivity contribution is 9.09. The Morgan fingerprint density at radius 2 is 1.75 bits per heavy atom. The van der Waals surface area contributed by atoms with Crippen molar-refractivity contribution in [3.63, 3.8) is 0 Å². The van der Waals surface area contributed by atoms with E-state index in [-0.39, 0.29) is 0 Å². The van der Waals surface area contributed by atoms with Crippen molar-refractivity contribution in [3.8, 4) is 0 Å². The molecular weight excluding hydrogens is 314 g/mol. The number of allylic oxidation sites excluding steroid dienone is 2. The van der Waals surface area contributed by atoms with E-state index in [4.69, 9.17) is 0 Å². The Balaban J connectivity index is 0.00000172. The molecule has 0 aromatic heterocycles. The predicted octanol–water partition coefficient (Wildman–Crippen LogP) is 5.32. The predicted molar refractivity (Wildman–Crippen MR) is 92.4 cm³/mol. The van der Waals surface area contributed by atoms with Crippen molar-refractivity contribution in [1.29, 1.82) is 0 Å². The fraction of sp³-hybridized carbons (Fsp3) is 0.824. The molecular formula is C17H32BrNO. The van der Waals surface area contributed by atoms with Crippen LogP contribution < -0.4 is 0 Å². The molecule has 0 aliphatic heterocycles. The lowest BCUT2D eigenvalue weighted by molar-refractivity contribution is -0.117. The summed E-state index contributed by atoms with van der Waals surface area (Å²) in [7, 11) is 0. The summed E-state index contributed by atoms with van der Waals surface area (Å²) in [6.45, 7) is 10.4. The molecule has 0 saturated carbocycles. The first kappa shape index (κ1) is 19.7. The Kier molecular flexibility index (Phi) is 12.2. The first-order valence-electron chi connectivity index (χ1n) is 8.30. The van der Waals surface area contributed by atoms with E-state index in [0.717, 1.165) is 56.2 Å². The van der Waals surface area contributed by atoms with Crippen LogP contribution in [0, 0.1) is 0 Å². The Morgan fingerprint density at radius 3 is 2.30 bits per heavy atom. The van der Waals surface area contributed by atoms with Crippen LogP contribution in [0.1, 0.15) is 72.6 Å². The van der Waals surface area contributed by atoms with Gasteiger partial charge in [0, 0.05) is 24.8 Å². The molecule has 0 fully saturated rings. The van der Waals surface area contributed by atoms with E-state index in [2.05, 4.69) is 34.7 Å². The van der Waals surface area contributed by atoms with Crippen LogP contribution in [0.3, 0.4) is 0 Å². The van der Waals surface area contributed by atoms with Crippen LogP contribution in [0.25, 0.3) is 0 Å². The summed E-state index contributed by atoms with van der Waals surface area (Å²) in [5.41, 5.74) is 2.45. The van der Waals surface area contributed by atoms with Crippen molar-refractivity contribution in [2.45, 2.75) is 72.6 Å². The number of hydrogen-bond donors (Lipinski definition) is 0. The smallest absolute Gasteiger partial charge is 0.178 e. The Morgan fingerprint density at radius 1 is 1.10 bits per heavy atom. The number of halogens is 1. The molecule has 0 bridgehead atoms. The summed E-state index contributed by atoms with van der Waals surface area (Å²) in [5, 5.41) is 1.01. The normalized spacial score (nSPS) is 14.9. The van der Waals surface area contributed by atoms with Crippen LogP contribution >= 0.6 is 15.9 Å². The van der Waals surface area contributed by atoms with E-state index in [1.807, 2.05) is 13.8 Å². The minimum absolute atomic E-state index is 0.378. The lowest BCUT2D eigenvalue weighted by Crippen LogP contribution is -2.32. The molecule has 3 heteroatoms. The molecule has 118 valence electrons. The van der Waals surface area contributed by atoms with E-state index in [0.29, 0.717) is 5.78 Å². The molecule has 0 saturated heterocycles. The molecule has 0 heterocycles. The summed E-state index contributed by atoms with van der Waals surface area (Å²) in [5.74, 6) is 0.378. The molecule has 0 spiro atoms. The number of hydrogen-bond acceptors (Lipinski definition) is 2. The van der Waals surface area contributed by atoms with Gasteiger partial charge in [0.1, 0.15) is 0 Å². The minimum Gasteiger partial charge on any atom is -0.369 e. The molecule has 20 heavy (non-hydrogen) atoms. The van der Waals surface area contributed by atoms with Crippen molar-refractivity contribution in [2.75, 3.05) is 18.4 Å². The second-order valence-electron chi connectivity index (χ2n) is 4.97. The van der Waals surface area contributed by atoms with Gasteiger partial charge in [-0.25, -0.2) is 0 Å². The topological polar surface area (TPSA) is 20.3 Å². The van der Waals surface area contributed by atoms with Crippen LogP contribution in [0.15, 0.2) is 11.3 Å². The van der Waals surface area contributed by atoms with Crippen LogP contribution in [-0.2, 0) is 4.79 Å². The summed E-state index contributed by atoms with van der Waals surface area (Å²) in [4.78, 5) is 14.6. The third-order valence-electron chi connectivity index (χ3n) is 3.57. The standard InChI is InChI=1S/C15H26BrNO.C2H6/c1-3-5-11-17(12-7-10-16)15-13(4-2)8-6-9-14(15)18;1-2/h3-12H2,1-2H3;1-2H3. The van der Waals surface area contributed by atoms with Gasteiger partial charge in [-0.15, -0.1) is 0 Å². The van der Waals surface area contributed by atoms with Gasteiger partial charge in [-0.2, -0.15) is 0 Å². The van der Waals surface area contributed by atoms with Crippen LogP contribution in [0.5, 0.6) is 0 Å². The summed E-state index contributed by atoms with van der Waals surface area (Å²) >= 11 is 3.49. The highest BCUT2D eigenvalue weighted by Crippen LogP contribution is 2.27. The van der Waals surface area contributed by atoms with Gasteiger partial charge in [0.2, 0.25) is 0 Å². The highest BCUT2D eigenvalue weighted by atomic mass is 79.9. The SMILES string of the molecule is CC.CCCCN(CCCBr)C1=C(CC)CCCC1=O. The maximum Gasteiger partial charge on any atom is 0.178 e. The molecule has 0 aromatic carbocycles. The number of carbonyl (C=O) groups excluding carboxylic acids is 1. The molecule has 0 radical (unpaired) electrons. The van der Waals surface area contributed by atoms with E-state index < -0.39 is 0 Å². The van der Waals surface area contributed by atoms with Crippen LogP contribution in [0.4, 0.5) is 0 Å². The van der Waals surface area contributed by atoms with E-state index in [1.165, 1.54) is 18.4 Å². The first-order chi connectivity index (χ1) is 9.74. The largest absolute Gasteiger partial charge is 0.369 e. The number of nitrogens with zero attached hydrogens (tertiary/aromatic N) is 1. The Labute approximate surface area is 134 Å². The average molecular weight is 346 g/mol. The number of carbonyl (C=O) groups is 1. The summed E-state index contributed by atoms with van der Waals surface area (Å²) in [6, 6.07) is 0. The lowest BCUT2D eigenvalue weighted by Gasteiger charge is -2.31. The van der Waals surface area contributed by atoms with Gasteiger partial charge in [0.25, 0.3) is 0 Å². The first-order valence-corrected chi connectivity index (χ1v) is 9.42. The average Bonchev–Trinajstić information content (AvgIpc) is 2.50. The number of rotatable bonds is 8. The van der Waals surface area contributed by atoms with Crippen molar-refractivity contribution >= 4 is 21.7 Å². The number of ketones is 1. The third-order valence-corrected chi connectivity index (χ3v) is 4.13. The molecule has 1 aliphatic rings. The zero-order valence-electron chi connectivity index (χ0n) is 13.8. The molecule has 0 N–H and O–H groups in total. The minimum atomic E-state index is 0.378. The fourth-order valence-electron chi connectivity index (χ4n) is 2.58. The second-order valence-corrected chi connectivity index (χ2v) is 5.76. The van der Waals surface area contributed by atoms with Crippen molar-refractivity contribution in [2.24, 2.45) is 0 Å². The third kappa shape index (κ3) is 6.43. The fourth-order valence-corrected chi connectivity index (χ4v) is 2.83. The van der Waals surface area contributed by atoms with Gasteiger partial charge in [0.15, 0.2) is 5.78 Å². The maximum atomic E-state index is 12.2. The Hall–Kier alpha value is -0.310. The number of alkyl halides is 1. The molecule has 2 nitrogen and oxygen atoms in total. The molecule has 1 rings (SSSR count). The monoisotopic (exact) mass is 345 g/mol. The van der Waals surface area contributed by atoms with E-state index in [9.17, 15) is 4.79 Å².